The van der Waals surface area contributed by atoms with Gasteiger partial charge in [-0.25, -0.2) is 9.78 Å². The minimum Gasteiger partial charge on any atom is -0.465 e. The fraction of sp³-hybridized carbons (Fsp3) is 0.524. The van der Waals surface area contributed by atoms with E-state index < -0.39 is 6.09 Å². The Balaban J connectivity index is 1.31. The van der Waals surface area contributed by atoms with E-state index in [9.17, 15) is 15.0 Å². The van der Waals surface area contributed by atoms with Crippen LogP contribution in [0.5, 0.6) is 0 Å². The predicted octanol–water partition coefficient (Wildman–Crippen LogP) is 3.12. The van der Waals surface area contributed by atoms with E-state index in [1.807, 2.05) is 12.5 Å². The highest BCUT2D eigenvalue weighted by atomic mass is 16.4. The molecule has 4 heterocycles. The third-order valence-electron chi connectivity index (χ3n) is 7.73. The molecule has 6 heteroatoms. The van der Waals surface area contributed by atoms with Crippen LogP contribution in [0.3, 0.4) is 0 Å². The van der Waals surface area contributed by atoms with Crippen LogP contribution < -0.4 is 0 Å². The lowest BCUT2D eigenvalue weighted by Gasteiger charge is -2.59. The molecule has 27 heavy (non-hydrogen) atoms. The Morgan fingerprint density at radius 1 is 1.15 bits per heavy atom. The maximum absolute atomic E-state index is 11.6. The second kappa shape index (κ2) is 5.13. The SMILES string of the molecule is O=C(O)N1[C@@H]2CC[C@H]1C[C@]1(C[C@@H]([C@H]3c4ccccc4-c4cncn43)[C@H]1O)C2. The van der Waals surface area contributed by atoms with Gasteiger partial charge in [0.1, 0.15) is 0 Å². The monoisotopic (exact) mass is 365 g/mol. The number of piperidine rings is 1. The van der Waals surface area contributed by atoms with Crippen LogP contribution in [-0.4, -0.2) is 48.9 Å². The average Bonchev–Trinajstić information content (AvgIpc) is 3.32. The third-order valence-corrected chi connectivity index (χ3v) is 7.73. The number of hydrogen-bond acceptors (Lipinski definition) is 3. The van der Waals surface area contributed by atoms with E-state index in [-0.39, 0.29) is 35.6 Å². The molecule has 1 saturated carbocycles. The quantitative estimate of drug-likeness (QED) is 0.814. The zero-order chi connectivity index (χ0) is 18.3. The zero-order valence-corrected chi connectivity index (χ0v) is 15.0. The van der Waals surface area contributed by atoms with Crippen LogP contribution in [0.1, 0.15) is 43.7 Å². The molecule has 2 aromatic rings. The summed E-state index contributed by atoms with van der Waals surface area (Å²) >= 11 is 0. The normalized spacial score (nSPS) is 38.6. The van der Waals surface area contributed by atoms with E-state index in [1.54, 1.807) is 4.90 Å². The summed E-state index contributed by atoms with van der Waals surface area (Å²) in [4.78, 5) is 17.6. The van der Waals surface area contributed by atoms with Gasteiger partial charge in [-0.2, -0.15) is 0 Å². The molecule has 1 spiro atoms. The van der Waals surface area contributed by atoms with Gasteiger partial charge in [-0.1, -0.05) is 24.3 Å². The Kier molecular flexibility index (Phi) is 2.98. The second-order valence-corrected chi connectivity index (χ2v) is 8.88. The Bertz CT molecular complexity index is 924. The highest BCUT2D eigenvalue weighted by Crippen LogP contribution is 2.62. The van der Waals surface area contributed by atoms with Crippen LogP contribution in [0.15, 0.2) is 36.8 Å². The lowest BCUT2D eigenvalue weighted by atomic mass is 9.51. The lowest BCUT2D eigenvalue weighted by molar-refractivity contribution is -0.166. The number of hydrogen-bond donors (Lipinski definition) is 2. The number of amides is 1. The zero-order valence-electron chi connectivity index (χ0n) is 15.0. The van der Waals surface area contributed by atoms with Gasteiger partial charge >= 0.3 is 6.09 Å². The van der Waals surface area contributed by atoms with E-state index in [0.29, 0.717) is 0 Å². The number of fused-ring (bicyclic) bond motifs is 5. The standard InChI is InChI=1S/C21H23N3O3/c25-19-16(9-21(19)7-12-5-6-13(8-21)24(12)20(26)27)18-15-4-2-1-3-14(15)17-10-22-11-23(17)18/h1-4,10-13,16,18-19,25H,5-9H2,(H,26,27)/t12-,13+,16-,18+,19+,21+/m0/s1. The fourth-order valence-corrected chi connectivity index (χ4v) is 6.69. The number of aliphatic hydroxyl groups is 1. The van der Waals surface area contributed by atoms with Gasteiger partial charge in [0.25, 0.3) is 0 Å². The molecule has 1 amide bonds. The summed E-state index contributed by atoms with van der Waals surface area (Å²) < 4.78 is 2.21. The minimum absolute atomic E-state index is 0.0801. The van der Waals surface area contributed by atoms with Gasteiger partial charge in [0.05, 0.1) is 30.4 Å². The molecular weight excluding hydrogens is 342 g/mol. The molecule has 6 nitrogen and oxygen atoms in total. The molecule has 6 rings (SSSR count). The fourth-order valence-electron chi connectivity index (χ4n) is 6.69. The van der Waals surface area contributed by atoms with E-state index >= 15 is 0 Å². The Hall–Kier alpha value is -2.34. The number of nitrogens with zero attached hydrogens (tertiary/aromatic N) is 3. The summed E-state index contributed by atoms with van der Waals surface area (Å²) in [5.74, 6) is 0.164. The molecule has 0 radical (unpaired) electrons. The first-order valence-corrected chi connectivity index (χ1v) is 9.89. The van der Waals surface area contributed by atoms with Gasteiger partial charge in [-0.3, -0.25) is 0 Å². The molecule has 3 aliphatic heterocycles. The molecule has 3 fully saturated rings. The van der Waals surface area contributed by atoms with Gasteiger partial charge in [-0.05, 0) is 37.7 Å². The van der Waals surface area contributed by atoms with Crippen LogP contribution in [0, 0.1) is 11.3 Å². The van der Waals surface area contributed by atoms with Crippen molar-refractivity contribution in [2.75, 3.05) is 0 Å². The number of carboxylic acid groups (broad SMARTS) is 1. The average molecular weight is 365 g/mol. The predicted molar refractivity (Wildman–Crippen MR) is 98.3 cm³/mol. The van der Waals surface area contributed by atoms with E-state index in [4.69, 9.17) is 0 Å². The largest absolute Gasteiger partial charge is 0.465 e. The molecule has 6 atom stereocenters. The van der Waals surface area contributed by atoms with Crippen molar-refractivity contribution in [3.63, 3.8) is 0 Å². The first kappa shape index (κ1) is 15.7. The van der Waals surface area contributed by atoms with Crippen molar-refractivity contribution in [3.8, 4) is 11.3 Å². The number of aromatic nitrogens is 2. The van der Waals surface area contributed by atoms with E-state index in [0.717, 1.165) is 37.8 Å². The summed E-state index contributed by atoms with van der Waals surface area (Å²) in [7, 11) is 0. The summed E-state index contributed by atoms with van der Waals surface area (Å²) in [5.41, 5.74) is 3.51. The number of carbonyl (C=O) groups is 1. The van der Waals surface area contributed by atoms with E-state index in [1.165, 1.54) is 11.1 Å². The topological polar surface area (TPSA) is 78.6 Å². The van der Waals surface area contributed by atoms with Crippen molar-refractivity contribution < 1.29 is 15.0 Å². The van der Waals surface area contributed by atoms with Crippen molar-refractivity contribution in [1.29, 1.82) is 0 Å². The smallest absolute Gasteiger partial charge is 0.407 e. The van der Waals surface area contributed by atoms with Crippen LogP contribution in [0.25, 0.3) is 11.3 Å². The third kappa shape index (κ3) is 1.89. The first-order chi connectivity index (χ1) is 13.1. The van der Waals surface area contributed by atoms with Crippen LogP contribution in [0.2, 0.25) is 0 Å². The summed E-state index contributed by atoms with van der Waals surface area (Å²) in [6.45, 7) is 0. The summed E-state index contributed by atoms with van der Waals surface area (Å²) in [6, 6.07) is 8.72. The Labute approximate surface area is 157 Å². The molecule has 1 aromatic carbocycles. The molecule has 2 bridgehead atoms. The van der Waals surface area contributed by atoms with Crippen molar-refractivity contribution in [2.45, 2.75) is 56.3 Å². The Morgan fingerprint density at radius 2 is 1.89 bits per heavy atom. The van der Waals surface area contributed by atoms with Gasteiger partial charge < -0.3 is 19.7 Å². The molecule has 0 unspecified atom stereocenters. The summed E-state index contributed by atoms with van der Waals surface area (Å²) in [5, 5.41) is 20.8. The van der Waals surface area contributed by atoms with Gasteiger partial charge in [-0.15, -0.1) is 0 Å². The number of aliphatic hydroxyl groups excluding tert-OH is 1. The first-order valence-electron chi connectivity index (χ1n) is 9.89. The number of rotatable bonds is 1. The molecule has 140 valence electrons. The van der Waals surface area contributed by atoms with E-state index in [2.05, 4.69) is 33.8 Å². The van der Waals surface area contributed by atoms with Crippen molar-refractivity contribution >= 4 is 6.09 Å². The maximum Gasteiger partial charge on any atom is 0.407 e. The van der Waals surface area contributed by atoms with Crippen molar-refractivity contribution in [3.05, 3.63) is 42.4 Å². The molecular formula is C21H23N3O3. The number of benzene rings is 1. The minimum atomic E-state index is -0.796. The lowest BCUT2D eigenvalue weighted by Crippen LogP contribution is -2.62. The highest BCUT2D eigenvalue weighted by molar-refractivity contribution is 5.69. The van der Waals surface area contributed by atoms with Gasteiger partial charge in [0.15, 0.2) is 0 Å². The molecule has 1 aliphatic carbocycles. The van der Waals surface area contributed by atoms with Crippen LogP contribution >= 0.6 is 0 Å². The summed E-state index contributed by atoms with van der Waals surface area (Å²) in [6.07, 6.45) is 7.06. The molecule has 1 aromatic heterocycles. The highest BCUT2D eigenvalue weighted by Gasteiger charge is 2.62. The second-order valence-electron chi connectivity index (χ2n) is 8.88. The maximum atomic E-state index is 11.6. The molecule has 4 aliphatic rings. The van der Waals surface area contributed by atoms with Crippen LogP contribution in [-0.2, 0) is 0 Å². The molecule has 2 N–H and O–H groups in total. The molecule has 2 saturated heterocycles. The van der Waals surface area contributed by atoms with Gasteiger partial charge in [0.2, 0.25) is 0 Å². The van der Waals surface area contributed by atoms with Crippen molar-refractivity contribution in [2.24, 2.45) is 11.3 Å². The van der Waals surface area contributed by atoms with Crippen molar-refractivity contribution in [1.82, 2.24) is 14.5 Å². The van der Waals surface area contributed by atoms with Crippen LogP contribution in [0.4, 0.5) is 4.79 Å². The Morgan fingerprint density at radius 3 is 2.59 bits per heavy atom. The number of imidazole rings is 1. The van der Waals surface area contributed by atoms with Gasteiger partial charge in [0, 0.05) is 29.0 Å².